The van der Waals surface area contributed by atoms with E-state index in [2.05, 4.69) is 32.6 Å². The number of fused-ring (bicyclic) bond motifs is 1. The summed E-state index contributed by atoms with van der Waals surface area (Å²) >= 11 is 0. The van der Waals surface area contributed by atoms with E-state index in [-0.39, 0.29) is 0 Å². The Morgan fingerprint density at radius 3 is 2.65 bits per heavy atom. The maximum atomic E-state index is 10.2. The van der Waals surface area contributed by atoms with Crippen LogP contribution in [0.2, 0.25) is 0 Å². The van der Waals surface area contributed by atoms with Crippen LogP contribution in [-0.2, 0) is 0 Å². The molecule has 176 valence electrons. The zero-order valence-corrected chi connectivity index (χ0v) is 20.4. The Morgan fingerprint density at radius 1 is 1.23 bits per heavy atom. The molecule has 3 aliphatic rings. The monoisotopic (exact) mass is 430 g/mol. The SMILES string of the molecule is C=C1/C(=C/C=C2\CCC[C@]3(CC)[C@@H]([C@H](C)CCCC(C)(C)O)CC[C@@H]23)C[C@@H](O)C[C@@H]1O. The van der Waals surface area contributed by atoms with E-state index in [0.717, 1.165) is 29.9 Å². The van der Waals surface area contributed by atoms with Crippen LogP contribution in [0.3, 0.4) is 0 Å². The Balaban J connectivity index is 1.75. The van der Waals surface area contributed by atoms with Crippen molar-refractivity contribution in [2.45, 2.75) is 116 Å². The number of hydrogen-bond acceptors (Lipinski definition) is 3. The van der Waals surface area contributed by atoms with Crippen molar-refractivity contribution in [3.63, 3.8) is 0 Å². The first-order valence-electron chi connectivity index (χ1n) is 12.7. The van der Waals surface area contributed by atoms with Gasteiger partial charge in [0, 0.05) is 6.42 Å². The fourth-order valence-corrected chi connectivity index (χ4v) is 7.15. The number of rotatable bonds is 7. The molecule has 0 amide bonds. The van der Waals surface area contributed by atoms with Crippen molar-refractivity contribution < 1.29 is 15.3 Å². The molecule has 0 aromatic rings. The van der Waals surface area contributed by atoms with Gasteiger partial charge in [0.15, 0.2) is 0 Å². The summed E-state index contributed by atoms with van der Waals surface area (Å²) in [6, 6.07) is 0. The predicted octanol–water partition coefficient (Wildman–Crippen LogP) is 6.09. The van der Waals surface area contributed by atoms with Crippen molar-refractivity contribution in [3.05, 3.63) is 35.5 Å². The van der Waals surface area contributed by atoms with Gasteiger partial charge in [0.25, 0.3) is 0 Å². The average Bonchev–Trinajstić information content (AvgIpc) is 3.09. The van der Waals surface area contributed by atoms with Gasteiger partial charge in [0.05, 0.1) is 17.8 Å². The Hall–Kier alpha value is -0.900. The Labute approximate surface area is 190 Å². The molecular weight excluding hydrogens is 384 g/mol. The smallest absolute Gasteiger partial charge is 0.0811 e. The molecule has 3 nitrogen and oxygen atoms in total. The van der Waals surface area contributed by atoms with E-state index in [9.17, 15) is 15.3 Å². The van der Waals surface area contributed by atoms with Crippen LogP contribution in [-0.4, -0.2) is 33.1 Å². The molecule has 0 aromatic carbocycles. The molecule has 3 heteroatoms. The van der Waals surface area contributed by atoms with Gasteiger partial charge in [-0.2, -0.15) is 0 Å². The highest BCUT2D eigenvalue weighted by atomic mass is 16.3. The highest BCUT2D eigenvalue weighted by Gasteiger charge is 2.52. The largest absolute Gasteiger partial charge is 0.393 e. The van der Waals surface area contributed by atoms with E-state index in [4.69, 9.17) is 0 Å². The molecule has 3 N–H and O–H groups in total. The summed E-state index contributed by atoms with van der Waals surface area (Å²) in [6.07, 6.45) is 15.2. The lowest BCUT2D eigenvalue weighted by molar-refractivity contribution is 0.0519. The molecule has 3 aliphatic carbocycles. The summed E-state index contributed by atoms with van der Waals surface area (Å²) in [5.41, 5.74) is 3.23. The van der Waals surface area contributed by atoms with Gasteiger partial charge in [0.1, 0.15) is 0 Å². The number of aliphatic hydroxyl groups excluding tert-OH is 2. The fraction of sp³-hybridized carbons (Fsp3) is 0.786. The fourth-order valence-electron chi connectivity index (χ4n) is 7.15. The summed E-state index contributed by atoms with van der Waals surface area (Å²) in [6.45, 7) is 12.8. The second kappa shape index (κ2) is 9.93. The second-order valence-electron chi connectivity index (χ2n) is 11.4. The van der Waals surface area contributed by atoms with Gasteiger partial charge in [-0.15, -0.1) is 0 Å². The third kappa shape index (κ3) is 5.54. The summed E-state index contributed by atoms with van der Waals surface area (Å²) in [5.74, 6) is 2.14. The highest BCUT2D eigenvalue weighted by Crippen LogP contribution is 2.61. The number of hydrogen-bond donors (Lipinski definition) is 3. The van der Waals surface area contributed by atoms with Gasteiger partial charge in [-0.3, -0.25) is 0 Å². The molecule has 3 saturated carbocycles. The maximum Gasteiger partial charge on any atom is 0.0811 e. The third-order valence-corrected chi connectivity index (χ3v) is 8.81. The number of aliphatic hydroxyl groups is 3. The van der Waals surface area contributed by atoms with Gasteiger partial charge in [0.2, 0.25) is 0 Å². The zero-order chi connectivity index (χ0) is 22.8. The summed E-state index contributed by atoms with van der Waals surface area (Å²) < 4.78 is 0. The van der Waals surface area contributed by atoms with E-state index >= 15 is 0 Å². The van der Waals surface area contributed by atoms with Gasteiger partial charge in [-0.05, 0) is 99.5 Å². The first kappa shape index (κ1) is 24.7. The van der Waals surface area contributed by atoms with Gasteiger partial charge in [-0.25, -0.2) is 0 Å². The Morgan fingerprint density at radius 2 is 1.97 bits per heavy atom. The molecule has 0 bridgehead atoms. The van der Waals surface area contributed by atoms with Crippen LogP contribution in [0.25, 0.3) is 0 Å². The molecule has 0 aromatic heterocycles. The summed E-state index contributed by atoms with van der Waals surface area (Å²) in [4.78, 5) is 0. The average molecular weight is 431 g/mol. The van der Waals surface area contributed by atoms with Gasteiger partial charge < -0.3 is 15.3 Å². The minimum atomic E-state index is -0.616. The molecule has 0 radical (unpaired) electrons. The second-order valence-corrected chi connectivity index (χ2v) is 11.4. The molecule has 0 saturated heterocycles. The zero-order valence-electron chi connectivity index (χ0n) is 20.4. The van der Waals surface area contributed by atoms with Crippen molar-refractivity contribution in [2.24, 2.45) is 23.2 Å². The quantitative estimate of drug-likeness (QED) is 0.458. The lowest BCUT2D eigenvalue weighted by Gasteiger charge is -2.47. The molecule has 0 aliphatic heterocycles. The molecule has 3 rings (SSSR count). The van der Waals surface area contributed by atoms with Crippen LogP contribution in [0.15, 0.2) is 35.5 Å². The van der Waals surface area contributed by atoms with Crippen LogP contribution < -0.4 is 0 Å². The molecule has 0 unspecified atom stereocenters. The molecule has 0 heterocycles. The van der Waals surface area contributed by atoms with Crippen LogP contribution in [0.1, 0.15) is 98.3 Å². The molecule has 3 fully saturated rings. The molecule has 31 heavy (non-hydrogen) atoms. The van der Waals surface area contributed by atoms with Crippen LogP contribution in [0.5, 0.6) is 0 Å². The van der Waals surface area contributed by atoms with Crippen LogP contribution in [0, 0.1) is 23.2 Å². The third-order valence-electron chi connectivity index (χ3n) is 8.81. The van der Waals surface area contributed by atoms with Gasteiger partial charge in [-0.1, -0.05) is 51.0 Å². The van der Waals surface area contributed by atoms with Crippen molar-refractivity contribution in [1.82, 2.24) is 0 Å². The number of allylic oxidation sites excluding steroid dienone is 3. The first-order valence-corrected chi connectivity index (χ1v) is 12.7. The highest BCUT2D eigenvalue weighted by molar-refractivity contribution is 5.38. The Bertz CT molecular complexity index is 698. The predicted molar refractivity (Wildman–Crippen MR) is 129 cm³/mol. The standard InChI is InChI=1S/C28H46O3/c1-6-28-16-8-10-21(11-12-22-17-23(29)18-26(30)20(22)3)25(28)14-13-24(28)19(2)9-7-15-27(4,5)31/h11-12,19,23-26,29-31H,3,6-10,13-18H2,1-2,4-5H3/b21-11+,22-12+/t19-,23-,24-,25+,26+,28-/m1/s1. The van der Waals surface area contributed by atoms with Crippen molar-refractivity contribution in [2.75, 3.05) is 0 Å². The van der Waals surface area contributed by atoms with Crippen molar-refractivity contribution in [3.8, 4) is 0 Å². The lowest BCUT2D eigenvalue weighted by Crippen LogP contribution is -2.38. The molecule has 6 atom stereocenters. The van der Waals surface area contributed by atoms with E-state index in [1.807, 2.05) is 13.8 Å². The minimum absolute atomic E-state index is 0.404. The normalized spacial score (nSPS) is 38.0. The van der Waals surface area contributed by atoms with Gasteiger partial charge >= 0.3 is 0 Å². The van der Waals surface area contributed by atoms with E-state index < -0.39 is 17.8 Å². The topological polar surface area (TPSA) is 60.7 Å². The lowest BCUT2D eigenvalue weighted by atomic mass is 9.58. The van der Waals surface area contributed by atoms with Crippen LogP contribution >= 0.6 is 0 Å². The first-order chi connectivity index (χ1) is 14.6. The maximum absolute atomic E-state index is 10.2. The summed E-state index contributed by atoms with van der Waals surface area (Å²) in [7, 11) is 0. The summed E-state index contributed by atoms with van der Waals surface area (Å²) in [5, 5.41) is 30.3. The van der Waals surface area contributed by atoms with Crippen molar-refractivity contribution >= 4 is 0 Å². The molecular formula is C28H46O3. The Kier molecular flexibility index (Phi) is 7.92. The minimum Gasteiger partial charge on any atom is -0.393 e. The van der Waals surface area contributed by atoms with E-state index in [1.165, 1.54) is 44.9 Å². The van der Waals surface area contributed by atoms with E-state index in [0.29, 0.717) is 30.1 Å². The van der Waals surface area contributed by atoms with E-state index in [1.54, 1.807) is 5.57 Å². The molecule has 0 spiro atoms. The van der Waals surface area contributed by atoms with Crippen LogP contribution in [0.4, 0.5) is 0 Å². The van der Waals surface area contributed by atoms with Crippen molar-refractivity contribution in [1.29, 1.82) is 0 Å².